The number of methoxy groups -OCH3 is 1. The summed E-state index contributed by atoms with van der Waals surface area (Å²) >= 11 is 0. The molecule has 0 radical (unpaired) electrons. The predicted molar refractivity (Wildman–Crippen MR) is 90.9 cm³/mol. The van der Waals surface area contributed by atoms with Crippen molar-refractivity contribution < 1.29 is 22.4 Å². The van der Waals surface area contributed by atoms with Crippen LogP contribution in [0.5, 0.6) is 5.75 Å². The van der Waals surface area contributed by atoms with Crippen LogP contribution in [0.15, 0.2) is 45.9 Å². The van der Waals surface area contributed by atoms with Crippen LogP contribution in [0.25, 0.3) is 0 Å². The van der Waals surface area contributed by atoms with E-state index in [1.54, 1.807) is 17.0 Å². The molecule has 134 valence electrons. The highest BCUT2D eigenvalue weighted by atomic mass is 32.2. The predicted octanol–water partition coefficient (Wildman–Crippen LogP) is 2.00. The lowest BCUT2D eigenvalue weighted by Crippen LogP contribution is -2.29. The Labute approximate surface area is 146 Å². The molecular formula is C17H20N2O5S. The summed E-state index contributed by atoms with van der Waals surface area (Å²) in [5.74, 6) is 0.657. The van der Waals surface area contributed by atoms with E-state index < -0.39 is 10.0 Å². The largest absolute Gasteiger partial charge is 0.496 e. The van der Waals surface area contributed by atoms with E-state index in [4.69, 9.17) is 9.15 Å². The zero-order chi connectivity index (χ0) is 17.9. The van der Waals surface area contributed by atoms with Gasteiger partial charge in [0.1, 0.15) is 11.5 Å². The van der Waals surface area contributed by atoms with Crippen molar-refractivity contribution in [2.24, 2.45) is 0 Å². The lowest BCUT2D eigenvalue weighted by Gasteiger charge is -2.18. The van der Waals surface area contributed by atoms with Gasteiger partial charge in [0.05, 0.1) is 30.4 Å². The van der Waals surface area contributed by atoms with Gasteiger partial charge in [0.25, 0.3) is 5.91 Å². The molecule has 1 aliphatic rings. The number of ether oxygens (including phenoxy) is 1. The second-order valence-electron chi connectivity index (χ2n) is 5.77. The molecule has 0 saturated carbocycles. The summed E-state index contributed by atoms with van der Waals surface area (Å²) in [6, 6.07) is 7.65. The number of carbonyl (C=O) groups excluding carboxylic acids is 1. The van der Waals surface area contributed by atoms with Gasteiger partial charge in [0.2, 0.25) is 10.0 Å². The maximum Gasteiger partial charge on any atom is 0.257 e. The number of benzene rings is 1. The highest BCUT2D eigenvalue weighted by Crippen LogP contribution is 2.25. The fourth-order valence-electron chi connectivity index (χ4n) is 2.77. The molecule has 0 aliphatic carbocycles. The maximum absolute atomic E-state index is 12.7. The minimum Gasteiger partial charge on any atom is -0.496 e. The summed E-state index contributed by atoms with van der Waals surface area (Å²) in [5.41, 5.74) is 0.255. The van der Waals surface area contributed by atoms with Gasteiger partial charge in [-0.25, -0.2) is 13.1 Å². The van der Waals surface area contributed by atoms with Crippen molar-refractivity contribution >= 4 is 15.9 Å². The first kappa shape index (κ1) is 17.5. The van der Waals surface area contributed by atoms with Crippen LogP contribution in [0, 0.1) is 0 Å². The second kappa shape index (κ2) is 7.28. The van der Waals surface area contributed by atoms with Crippen LogP contribution in [0.3, 0.4) is 0 Å². The van der Waals surface area contributed by atoms with Crippen LogP contribution < -0.4 is 9.46 Å². The number of nitrogens with one attached hydrogen (secondary N) is 1. The fourth-order valence-corrected chi connectivity index (χ4v) is 3.79. The SMILES string of the molecule is COc1ccc(S(=O)(=O)NCc2ccco2)cc1C(=O)N1CCCC1. The molecule has 1 N–H and O–H groups in total. The highest BCUT2D eigenvalue weighted by Gasteiger charge is 2.25. The van der Waals surface area contributed by atoms with Gasteiger partial charge < -0.3 is 14.1 Å². The first-order valence-electron chi connectivity index (χ1n) is 8.00. The fraction of sp³-hybridized carbons (Fsp3) is 0.353. The van der Waals surface area contributed by atoms with Gasteiger partial charge in [-0.2, -0.15) is 0 Å². The number of hydrogen-bond acceptors (Lipinski definition) is 5. The van der Waals surface area contributed by atoms with Crippen LogP contribution in [0.4, 0.5) is 0 Å². The molecule has 3 rings (SSSR count). The number of sulfonamides is 1. The molecule has 8 heteroatoms. The van der Waals surface area contributed by atoms with Gasteiger partial charge in [-0.1, -0.05) is 0 Å². The van der Waals surface area contributed by atoms with Crippen LogP contribution in [-0.4, -0.2) is 39.4 Å². The Kier molecular flexibility index (Phi) is 5.10. The van der Waals surface area contributed by atoms with Crippen molar-refractivity contribution in [3.8, 4) is 5.75 Å². The smallest absolute Gasteiger partial charge is 0.257 e. The average molecular weight is 364 g/mol. The number of carbonyl (C=O) groups is 1. The van der Waals surface area contributed by atoms with Crippen molar-refractivity contribution in [3.63, 3.8) is 0 Å². The van der Waals surface area contributed by atoms with E-state index in [1.165, 1.54) is 31.6 Å². The number of amides is 1. The monoisotopic (exact) mass is 364 g/mol. The number of likely N-dealkylation sites (tertiary alicyclic amines) is 1. The minimum absolute atomic E-state index is 0.0161. The third-order valence-electron chi connectivity index (χ3n) is 4.12. The summed E-state index contributed by atoms with van der Waals surface area (Å²) in [7, 11) is -2.32. The third kappa shape index (κ3) is 3.85. The molecule has 1 aromatic carbocycles. The summed E-state index contributed by atoms with van der Waals surface area (Å²) in [4.78, 5) is 14.4. The van der Waals surface area contributed by atoms with E-state index in [0.29, 0.717) is 24.6 Å². The molecule has 1 fully saturated rings. The molecule has 1 aliphatic heterocycles. The number of nitrogens with zero attached hydrogens (tertiary/aromatic N) is 1. The molecule has 7 nitrogen and oxygen atoms in total. The lowest BCUT2D eigenvalue weighted by atomic mass is 10.1. The average Bonchev–Trinajstić information content (AvgIpc) is 3.32. The lowest BCUT2D eigenvalue weighted by molar-refractivity contribution is 0.0789. The van der Waals surface area contributed by atoms with Crippen molar-refractivity contribution in [2.75, 3.05) is 20.2 Å². The normalized spacial score (nSPS) is 14.7. The minimum atomic E-state index is -3.78. The first-order chi connectivity index (χ1) is 12.0. The van der Waals surface area contributed by atoms with Gasteiger partial charge in [-0.3, -0.25) is 4.79 Å². The van der Waals surface area contributed by atoms with E-state index in [-0.39, 0.29) is 22.9 Å². The summed E-state index contributed by atoms with van der Waals surface area (Å²) in [5, 5.41) is 0. The van der Waals surface area contributed by atoms with Gasteiger partial charge in [0, 0.05) is 13.1 Å². The molecule has 0 bridgehead atoms. The number of hydrogen-bond donors (Lipinski definition) is 1. The summed E-state index contributed by atoms with van der Waals surface area (Å²) in [6.07, 6.45) is 3.39. The standard InChI is InChI=1S/C17H20N2O5S/c1-23-16-7-6-14(11-15(16)17(20)19-8-2-3-9-19)25(21,22)18-12-13-5-4-10-24-13/h4-7,10-11,18H,2-3,8-9,12H2,1H3. The molecule has 1 amide bonds. The summed E-state index contributed by atoms with van der Waals surface area (Å²) < 4.78 is 37.8. The molecule has 0 spiro atoms. The maximum atomic E-state index is 12.7. The molecule has 0 unspecified atom stereocenters. The Balaban J connectivity index is 1.86. The Morgan fingerprint density at radius 3 is 2.68 bits per heavy atom. The second-order valence-corrected chi connectivity index (χ2v) is 7.53. The van der Waals surface area contributed by atoms with Crippen molar-refractivity contribution in [2.45, 2.75) is 24.3 Å². The Bertz CT molecular complexity index is 840. The summed E-state index contributed by atoms with van der Waals surface area (Å²) in [6.45, 7) is 1.39. The van der Waals surface area contributed by atoms with Crippen LogP contribution in [-0.2, 0) is 16.6 Å². The highest BCUT2D eigenvalue weighted by molar-refractivity contribution is 7.89. The number of rotatable bonds is 6. The van der Waals surface area contributed by atoms with Crippen LogP contribution >= 0.6 is 0 Å². The quantitative estimate of drug-likeness (QED) is 0.847. The molecule has 0 atom stereocenters. The van der Waals surface area contributed by atoms with E-state index in [2.05, 4.69) is 4.72 Å². The van der Waals surface area contributed by atoms with Gasteiger partial charge in [0.15, 0.2) is 0 Å². The first-order valence-corrected chi connectivity index (χ1v) is 9.49. The Morgan fingerprint density at radius 1 is 1.28 bits per heavy atom. The zero-order valence-corrected chi connectivity index (χ0v) is 14.7. The molecule has 2 aromatic rings. The van der Waals surface area contributed by atoms with Crippen LogP contribution in [0.1, 0.15) is 29.0 Å². The Morgan fingerprint density at radius 2 is 2.04 bits per heavy atom. The van der Waals surface area contributed by atoms with E-state index in [9.17, 15) is 13.2 Å². The molecule has 2 heterocycles. The molecule has 25 heavy (non-hydrogen) atoms. The van der Waals surface area contributed by atoms with Crippen molar-refractivity contribution in [1.29, 1.82) is 0 Å². The topological polar surface area (TPSA) is 88.9 Å². The number of furan rings is 1. The third-order valence-corrected chi connectivity index (χ3v) is 5.52. The zero-order valence-electron chi connectivity index (χ0n) is 13.9. The molecule has 1 saturated heterocycles. The Hall–Kier alpha value is -2.32. The van der Waals surface area contributed by atoms with Crippen LogP contribution in [0.2, 0.25) is 0 Å². The van der Waals surface area contributed by atoms with E-state index in [0.717, 1.165) is 12.8 Å². The molecule has 1 aromatic heterocycles. The van der Waals surface area contributed by atoms with Gasteiger partial charge in [-0.05, 0) is 43.2 Å². The van der Waals surface area contributed by atoms with Crippen molar-refractivity contribution in [1.82, 2.24) is 9.62 Å². The molecular weight excluding hydrogens is 344 g/mol. The van der Waals surface area contributed by atoms with E-state index >= 15 is 0 Å². The van der Waals surface area contributed by atoms with Gasteiger partial charge in [-0.15, -0.1) is 0 Å². The van der Waals surface area contributed by atoms with Gasteiger partial charge >= 0.3 is 0 Å². The van der Waals surface area contributed by atoms with Crippen molar-refractivity contribution in [3.05, 3.63) is 47.9 Å². The van der Waals surface area contributed by atoms with E-state index in [1.807, 2.05) is 0 Å².